The number of halogens is 2. The second-order valence-electron chi connectivity index (χ2n) is 2.76. The van der Waals surface area contributed by atoms with Crippen molar-refractivity contribution in [1.82, 2.24) is 0 Å². The van der Waals surface area contributed by atoms with Gasteiger partial charge in [0.1, 0.15) is 7.80 Å². The van der Waals surface area contributed by atoms with Crippen molar-refractivity contribution in [3.05, 3.63) is 29.3 Å². The molecule has 0 N–H and O–H groups in total. The van der Waals surface area contributed by atoms with Crippen molar-refractivity contribution in [1.29, 1.82) is 0 Å². The van der Waals surface area contributed by atoms with Gasteiger partial charge in [-0.15, -0.1) is 0 Å². The zero-order valence-corrected chi connectivity index (χ0v) is 9.81. The maximum atomic E-state index is 11.7. The van der Waals surface area contributed by atoms with Crippen molar-refractivity contribution in [2.45, 2.75) is 6.42 Å². The summed E-state index contributed by atoms with van der Waals surface area (Å²) in [5, 5.41) is 0.644. The molecular weight excluding hydrogens is 242 g/mol. The Morgan fingerprint density at radius 3 is 2.57 bits per heavy atom. The van der Waals surface area contributed by atoms with Crippen molar-refractivity contribution < 1.29 is 9.36 Å². The molecule has 0 radical (unpaired) electrons. The van der Waals surface area contributed by atoms with E-state index in [1.165, 1.54) is 0 Å². The van der Waals surface area contributed by atoms with Crippen LogP contribution in [0.3, 0.4) is 0 Å². The predicted molar refractivity (Wildman–Crippen MR) is 60.4 cm³/mol. The summed E-state index contributed by atoms with van der Waals surface area (Å²) in [6.07, 6.45) is 0.418. The fraction of sp³-hybridized carbons (Fsp3) is 0.222. The Kier molecular flexibility index (Phi) is 4.67. The van der Waals surface area contributed by atoms with E-state index in [0.29, 0.717) is 10.3 Å². The molecule has 1 aromatic rings. The zero-order chi connectivity index (χ0) is 10.6. The van der Waals surface area contributed by atoms with Crippen LogP contribution in [0.15, 0.2) is 24.3 Å². The Morgan fingerprint density at radius 1 is 1.36 bits per heavy atom. The molecule has 0 bridgehead atoms. The summed E-state index contributed by atoms with van der Waals surface area (Å²) in [4.78, 5) is 10.5. The number of carbonyl (C=O) groups is 1. The van der Waals surface area contributed by atoms with Crippen molar-refractivity contribution in [3.8, 4) is 0 Å². The summed E-state index contributed by atoms with van der Waals surface area (Å²) in [6, 6.07) is 6.93. The Balaban J connectivity index is 2.70. The number of benzene rings is 1. The Bertz CT molecular complexity index is 366. The predicted octanol–water partition coefficient (Wildman–Crippen LogP) is 2.68. The number of carbonyl (C=O) groups excluding carboxylic acids is 1. The summed E-state index contributed by atoms with van der Waals surface area (Å²) in [7, 11) is -1.98. The molecule has 0 saturated carbocycles. The fourth-order valence-electron chi connectivity index (χ4n) is 1.03. The van der Waals surface area contributed by atoms with E-state index >= 15 is 0 Å². The Hall–Kier alpha value is -0.300. The smallest absolute Gasteiger partial charge is 0.222 e. The van der Waals surface area contributed by atoms with E-state index in [4.69, 9.17) is 23.2 Å². The van der Waals surface area contributed by atoms with E-state index in [0.717, 1.165) is 0 Å². The summed E-state index contributed by atoms with van der Waals surface area (Å²) < 4.78 is 11.7. The first-order chi connectivity index (χ1) is 6.61. The standard InChI is InChI=1S/C9H9Cl2O2P/c10-7-3-1-2-4-8(7)14(13)6-5-9(11)12/h1-4,14H,5-6H2. The molecule has 0 aliphatic carbocycles. The average Bonchev–Trinajstić information content (AvgIpc) is 2.15. The van der Waals surface area contributed by atoms with E-state index < -0.39 is 13.0 Å². The van der Waals surface area contributed by atoms with Crippen LogP contribution in [0.4, 0.5) is 0 Å². The van der Waals surface area contributed by atoms with Gasteiger partial charge >= 0.3 is 0 Å². The Morgan fingerprint density at radius 2 is 2.00 bits per heavy atom. The van der Waals surface area contributed by atoms with Crippen LogP contribution < -0.4 is 5.30 Å². The molecule has 1 atom stereocenters. The third-order valence-corrected chi connectivity index (χ3v) is 4.14. The topological polar surface area (TPSA) is 34.1 Å². The minimum Gasteiger partial charge on any atom is -0.322 e. The van der Waals surface area contributed by atoms with E-state index in [2.05, 4.69) is 0 Å². The average molecular weight is 251 g/mol. The molecule has 0 aliphatic heterocycles. The Labute approximate surface area is 93.0 Å². The van der Waals surface area contributed by atoms with E-state index in [9.17, 15) is 9.36 Å². The van der Waals surface area contributed by atoms with Gasteiger partial charge in [-0.1, -0.05) is 29.8 Å². The fourth-order valence-corrected chi connectivity index (χ4v) is 3.09. The highest BCUT2D eigenvalue weighted by Crippen LogP contribution is 2.25. The monoisotopic (exact) mass is 250 g/mol. The van der Waals surface area contributed by atoms with Crippen LogP contribution in [-0.4, -0.2) is 11.4 Å². The summed E-state index contributed by atoms with van der Waals surface area (Å²) >= 11 is 11.0. The third kappa shape index (κ3) is 3.45. The van der Waals surface area contributed by atoms with Gasteiger partial charge in [0.05, 0.1) is 5.02 Å². The molecule has 2 nitrogen and oxygen atoms in total. The van der Waals surface area contributed by atoms with Gasteiger partial charge in [0.25, 0.3) is 0 Å². The summed E-state index contributed by atoms with van der Waals surface area (Å²) in [6.45, 7) is 0. The maximum Gasteiger partial charge on any atom is 0.222 e. The van der Waals surface area contributed by atoms with Crippen molar-refractivity contribution in [2.24, 2.45) is 0 Å². The highest BCUT2D eigenvalue weighted by Gasteiger charge is 2.08. The van der Waals surface area contributed by atoms with Crippen LogP contribution in [0.25, 0.3) is 0 Å². The SMILES string of the molecule is O=C(Cl)CC[PH](=O)c1ccccc1Cl. The minimum atomic E-state index is -1.98. The molecule has 0 aromatic heterocycles. The first kappa shape index (κ1) is 11.8. The third-order valence-electron chi connectivity index (χ3n) is 1.72. The lowest BCUT2D eigenvalue weighted by molar-refractivity contribution is -0.111. The van der Waals surface area contributed by atoms with Crippen LogP contribution in [0, 0.1) is 0 Å². The molecule has 5 heteroatoms. The molecule has 0 fully saturated rings. The molecule has 14 heavy (non-hydrogen) atoms. The van der Waals surface area contributed by atoms with E-state index in [1.54, 1.807) is 24.3 Å². The number of hydrogen-bond donors (Lipinski definition) is 0. The van der Waals surface area contributed by atoms with Crippen LogP contribution in [-0.2, 0) is 9.36 Å². The van der Waals surface area contributed by atoms with E-state index in [-0.39, 0.29) is 12.6 Å². The number of rotatable bonds is 4. The largest absolute Gasteiger partial charge is 0.322 e. The zero-order valence-electron chi connectivity index (χ0n) is 7.30. The van der Waals surface area contributed by atoms with Gasteiger partial charge in [-0.25, -0.2) is 0 Å². The van der Waals surface area contributed by atoms with Crippen LogP contribution in [0.5, 0.6) is 0 Å². The van der Waals surface area contributed by atoms with Crippen molar-refractivity contribution in [2.75, 3.05) is 6.16 Å². The van der Waals surface area contributed by atoms with Crippen molar-refractivity contribution in [3.63, 3.8) is 0 Å². The molecule has 0 amide bonds. The van der Waals surface area contributed by atoms with Gasteiger partial charge in [-0.2, -0.15) is 0 Å². The second-order valence-corrected chi connectivity index (χ2v) is 5.47. The van der Waals surface area contributed by atoms with Gasteiger partial charge in [-0.3, -0.25) is 4.79 Å². The van der Waals surface area contributed by atoms with Gasteiger partial charge < -0.3 is 4.57 Å². The summed E-state index contributed by atoms with van der Waals surface area (Å²) in [5.41, 5.74) is 0. The quantitative estimate of drug-likeness (QED) is 0.609. The lowest BCUT2D eigenvalue weighted by Crippen LogP contribution is -2.01. The van der Waals surface area contributed by atoms with Gasteiger partial charge in [0.15, 0.2) is 0 Å². The maximum absolute atomic E-state index is 11.7. The van der Waals surface area contributed by atoms with E-state index in [1.807, 2.05) is 0 Å². The highest BCUT2D eigenvalue weighted by molar-refractivity contribution is 7.53. The van der Waals surface area contributed by atoms with Crippen molar-refractivity contribution >= 4 is 41.5 Å². The molecule has 0 spiro atoms. The summed E-state index contributed by atoms with van der Waals surface area (Å²) in [5.74, 6) is 0. The lowest BCUT2D eigenvalue weighted by Gasteiger charge is -2.02. The first-order valence-electron chi connectivity index (χ1n) is 4.07. The van der Waals surface area contributed by atoms with Crippen LogP contribution in [0.1, 0.15) is 6.42 Å². The minimum absolute atomic E-state index is 0.130. The van der Waals surface area contributed by atoms with Crippen LogP contribution >= 0.6 is 31.0 Å². The number of hydrogen-bond acceptors (Lipinski definition) is 2. The molecule has 0 aliphatic rings. The molecular formula is C9H9Cl2O2P. The highest BCUT2D eigenvalue weighted by atomic mass is 35.5. The van der Waals surface area contributed by atoms with Crippen LogP contribution in [0.2, 0.25) is 5.02 Å². The first-order valence-corrected chi connectivity index (χ1v) is 6.44. The normalized spacial score (nSPS) is 12.4. The molecule has 0 saturated heterocycles. The molecule has 0 heterocycles. The lowest BCUT2D eigenvalue weighted by atomic mass is 10.4. The second kappa shape index (κ2) is 5.55. The molecule has 76 valence electrons. The van der Waals surface area contributed by atoms with Gasteiger partial charge in [0.2, 0.25) is 5.24 Å². The van der Waals surface area contributed by atoms with Gasteiger partial charge in [-0.05, 0) is 17.7 Å². The molecule has 1 aromatic carbocycles. The van der Waals surface area contributed by atoms with Gasteiger partial charge in [0, 0.05) is 17.9 Å². The molecule has 1 rings (SSSR count). The molecule has 1 unspecified atom stereocenters.